The molecule has 1 saturated heterocycles. The van der Waals surface area contributed by atoms with Crippen LogP contribution in [0.5, 0.6) is 0 Å². The molecule has 1 aliphatic rings. The number of nitro groups is 1. The van der Waals surface area contributed by atoms with Gasteiger partial charge in [0, 0.05) is 13.2 Å². The summed E-state index contributed by atoms with van der Waals surface area (Å²) < 4.78 is 7.10. The Bertz CT molecular complexity index is 452. The van der Waals surface area contributed by atoms with Crippen molar-refractivity contribution in [2.24, 2.45) is 0 Å². The Morgan fingerprint density at radius 3 is 3.00 bits per heavy atom. The van der Waals surface area contributed by atoms with Crippen molar-refractivity contribution in [3.63, 3.8) is 0 Å². The molecule has 1 fully saturated rings. The van der Waals surface area contributed by atoms with Crippen LogP contribution in [0.2, 0.25) is 0 Å². The molecule has 2 heterocycles. The van der Waals surface area contributed by atoms with Gasteiger partial charge in [0.05, 0.1) is 17.6 Å². The largest absolute Gasteiger partial charge is 0.379 e. The minimum Gasteiger partial charge on any atom is -0.379 e. The lowest BCUT2D eigenvalue weighted by atomic mass is 10.1. The molecule has 2 rings (SSSR count). The van der Waals surface area contributed by atoms with Gasteiger partial charge in [0.15, 0.2) is 0 Å². The first-order valence-electron chi connectivity index (χ1n) is 6.69. The fourth-order valence-electron chi connectivity index (χ4n) is 2.35. The van der Waals surface area contributed by atoms with Crippen molar-refractivity contribution in [3.8, 4) is 0 Å². The summed E-state index contributed by atoms with van der Waals surface area (Å²) >= 11 is 0. The van der Waals surface area contributed by atoms with Crippen molar-refractivity contribution < 1.29 is 9.66 Å². The normalized spacial score (nSPS) is 19.4. The van der Waals surface area contributed by atoms with Crippen molar-refractivity contribution in [1.82, 2.24) is 9.78 Å². The highest BCUT2D eigenvalue weighted by atomic mass is 16.6. The zero-order valence-corrected chi connectivity index (χ0v) is 11.4. The van der Waals surface area contributed by atoms with E-state index >= 15 is 0 Å². The molecule has 1 atom stereocenters. The van der Waals surface area contributed by atoms with Gasteiger partial charge in [-0.1, -0.05) is 6.92 Å². The van der Waals surface area contributed by atoms with Gasteiger partial charge in [-0.2, -0.15) is 5.10 Å². The summed E-state index contributed by atoms with van der Waals surface area (Å²) in [6, 6.07) is 0.124. The molecule has 19 heavy (non-hydrogen) atoms. The third-order valence-electron chi connectivity index (χ3n) is 3.21. The maximum Gasteiger partial charge on any atom is 0.333 e. The number of hydrogen-bond acceptors (Lipinski definition) is 5. The molecule has 106 valence electrons. The average molecular weight is 268 g/mol. The smallest absolute Gasteiger partial charge is 0.333 e. The van der Waals surface area contributed by atoms with E-state index in [0.29, 0.717) is 24.7 Å². The van der Waals surface area contributed by atoms with Crippen molar-refractivity contribution in [2.45, 2.75) is 45.7 Å². The summed E-state index contributed by atoms with van der Waals surface area (Å²) in [4.78, 5) is 10.8. The van der Waals surface area contributed by atoms with Crippen molar-refractivity contribution in [2.75, 3.05) is 18.5 Å². The Balaban J connectivity index is 2.26. The third kappa shape index (κ3) is 3.04. The predicted octanol–water partition coefficient (Wildman–Crippen LogP) is 2.10. The lowest BCUT2D eigenvalue weighted by molar-refractivity contribution is -0.384. The van der Waals surface area contributed by atoms with Gasteiger partial charge in [0.2, 0.25) is 5.82 Å². The molecule has 0 spiro atoms. The minimum atomic E-state index is -0.361. The van der Waals surface area contributed by atoms with E-state index in [4.69, 9.17) is 4.74 Å². The van der Waals surface area contributed by atoms with Crippen LogP contribution in [-0.4, -0.2) is 34.0 Å². The first kappa shape index (κ1) is 13.8. The maximum atomic E-state index is 11.2. The van der Waals surface area contributed by atoms with Gasteiger partial charge in [0.25, 0.3) is 0 Å². The number of aromatic nitrogens is 2. The number of aryl methyl sites for hydroxylation is 2. The van der Waals surface area contributed by atoms with Gasteiger partial charge < -0.3 is 10.1 Å². The maximum absolute atomic E-state index is 11.2. The summed E-state index contributed by atoms with van der Waals surface area (Å²) in [6.07, 6.45) is 2.83. The van der Waals surface area contributed by atoms with Crippen molar-refractivity contribution in [1.29, 1.82) is 0 Å². The van der Waals surface area contributed by atoms with E-state index < -0.39 is 0 Å². The van der Waals surface area contributed by atoms with E-state index in [9.17, 15) is 10.1 Å². The Labute approximate surface area is 112 Å². The Hall–Kier alpha value is -1.63. The van der Waals surface area contributed by atoms with Gasteiger partial charge in [-0.15, -0.1) is 0 Å². The van der Waals surface area contributed by atoms with E-state index in [-0.39, 0.29) is 16.7 Å². The molecule has 0 aliphatic carbocycles. The van der Waals surface area contributed by atoms with Crippen LogP contribution >= 0.6 is 0 Å². The number of hydrogen-bond donors (Lipinski definition) is 1. The van der Waals surface area contributed by atoms with Gasteiger partial charge in [-0.05, 0) is 26.2 Å². The van der Waals surface area contributed by atoms with Gasteiger partial charge >= 0.3 is 5.69 Å². The van der Waals surface area contributed by atoms with E-state index in [1.54, 1.807) is 11.6 Å². The van der Waals surface area contributed by atoms with E-state index in [1.165, 1.54) is 0 Å². The van der Waals surface area contributed by atoms with Crippen LogP contribution in [0.25, 0.3) is 0 Å². The number of ether oxygens (including phenoxy) is 1. The lowest BCUT2D eigenvalue weighted by Gasteiger charge is -2.23. The third-order valence-corrected chi connectivity index (χ3v) is 3.21. The fourth-order valence-corrected chi connectivity index (χ4v) is 2.35. The molecular weight excluding hydrogens is 248 g/mol. The van der Waals surface area contributed by atoms with Crippen LogP contribution in [0, 0.1) is 17.0 Å². The minimum absolute atomic E-state index is 0.0824. The van der Waals surface area contributed by atoms with E-state index in [0.717, 1.165) is 25.9 Å². The molecule has 0 aromatic carbocycles. The lowest BCUT2D eigenvalue weighted by Crippen LogP contribution is -2.31. The van der Waals surface area contributed by atoms with Crippen molar-refractivity contribution in [3.05, 3.63) is 15.8 Å². The monoisotopic (exact) mass is 268 g/mol. The van der Waals surface area contributed by atoms with Crippen LogP contribution in [0.3, 0.4) is 0 Å². The Kier molecular flexibility index (Phi) is 4.36. The highest BCUT2D eigenvalue weighted by Gasteiger charge is 2.27. The van der Waals surface area contributed by atoms with Crippen LogP contribution in [0.1, 0.15) is 31.9 Å². The molecule has 1 aromatic rings. The second-order valence-electron chi connectivity index (χ2n) is 4.82. The number of nitrogens with one attached hydrogen (secondary N) is 1. The second-order valence-corrected chi connectivity index (χ2v) is 4.82. The van der Waals surface area contributed by atoms with Crippen LogP contribution < -0.4 is 5.32 Å². The van der Waals surface area contributed by atoms with E-state index in [1.807, 2.05) is 6.92 Å². The summed E-state index contributed by atoms with van der Waals surface area (Å²) in [5.74, 6) is 0.514. The van der Waals surface area contributed by atoms with Gasteiger partial charge in [-0.3, -0.25) is 10.1 Å². The molecule has 1 unspecified atom stereocenters. The van der Waals surface area contributed by atoms with Gasteiger partial charge in [-0.25, -0.2) is 4.68 Å². The molecule has 1 N–H and O–H groups in total. The van der Waals surface area contributed by atoms with E-state index in [2.05, 4.69) is 10.4 Å². The van der Waals surface area contributed by atoms with Crippen LogP contribution in [0.15, 0.2) is 0 Å². The molecule has 7 nitrogen and oxygen atoms in total. The van der Waals surface area contributed by atoms with Crippen LogP contribution in [0.4, 0.5) is 11.5 Å². The number of rotatable bonds is 5. The highest BCUT2D eigenvalue weighted by molar-refractivity contribution is 5.60. The van der Waals surface area contributed by atoms with Crippen molar-refractivity contribution >= 4 is 11.5 Å². The summed E-state index contributed by atoms with van der Waals surface area (Å²) in [7, 11) is 0. The Morgan fingerprint density at radius 2 is 2.42 bits per heavy atom. The number of anilines is 1. The second kappa shape index (κ2) is 6.01. The molecule has 1 aliphatic heterocycles. The molecule has 0 bridgehead atoms. The standard InChI is InChI=1S/C12H20N4O3/c1-3-6-15-12(11(16(17)18)9(2)14-15)13-10-5-4-7-19-8-10/h10,13H,3-8H2,1-2H3. The first-order chi connectivity index (χ1) is 9.13. The molecule has 0 saturated carbocycles. The summed E-state index contributed by atoms with van der Waals surface area (Å²) in [5.41, 5.74) is 0.539. The topological polar surface area (TPSA) is 82.2 Å². The zero-order chi connectivity index (χ0) is 13.8. The zero-order valence-electron chi connectivity index (χ0n) is 11.4. The molecular formula is C12H20N4O3. The average Bonchev–Trinajstić information content (AvgIpc) is 2.67. The molecule has 1 aromatic heterocycles. The molecule has 7 heteroatoms. The molecule has 0 amide bonds. The highest BCUT2D eigenvalue weighted by Crippen LogP contribution is 2.29. The fraction of sp³-hybridized carbons (Fsp3) is 0.750. The Morgan fingerprint density at radius 1 is 1.63 bits per heavy atom. The quantitative estimate of drug-likeness (QED) is 0.653. The predicted molar refractivity (Wildman–Crippen MR) is 71.4 cm³/mol. The first-order valence-corrected chi connectivity index (χ1v) is 6.69. The molecule has 0 radical (unpaired) electrons. The summed E-state index contributed by atoms with van der Waals surface area (Å²) in [6.45, 7) is 5.73. The number of nitrogens with zero attached hydrogens (tertiary/aromatic N) is 3. The SMILES string of the molecule is CCCn1nc(C)c([N+](=O)[O-])c1NC1CCCOC1. The van der Waals surface area contributed by atoms with Gasteiger partial charge in [0.1, 0.15) is 5.69 Å². The van der Waals surface area contributed by atoms with Crippen LogP contribution in [-0.2, 0) is 11.3 Å². The summed E-state index contributed by atoms with van der Waals surface area (Å²) in [5, 5.41) is 18.7.